The molecule has 1 atom stereocenters. The summed E-state index contributed by atoms with van der Waals surface area (Å²) in [6, 6.07) is 11.0. The van der Waals surface area contributed by atoms with Crippen LogP contribution in [0.2, 0.25) is 0 Å². The number of nitrogens with one attached hydrogen (secondary N) is 1. The van der Waals surface area contributed by atoms with Gasteiger partial charge in [0, 0.05) is 24.5 Å². The van der Waals surface area contributed by atoms with Gasteiger partial charge in [-0.15, -0.1) is 0 Å². The first-order valence-electron chi connectivity index (χ1n) is 9.34. The summed E-state index contributed by atoms with van der Waals surface area (Å²) in [5, 5.41) is 2.78. The molecule has 2 aromatic carbocycles. The molecule has 0 spiro atoms. The van der Waals surface area contributed by atoms with Crippen molar-refractivity contribution in [2.75, 3.05) is 30.0 Å². The lowest BCUT2D eigenvalue weighted by Gasteiger charge is -2.21. The molecule has 2 aliphatic heterocycles. The molecule has 0 saturated carbocycles. The van der Waals surface area contributed by atoms with E-state index in [9.17, 15) is 14.0 Å². The molecule has 0 bridgehead atoms. The van der Waals surface area contributed by atoms with Crippen LogP contribution in [0.3, 0.4) is 0 Å². The molecule has 0 radical (unpaired) electrons. The Morgan fingerprint density at radius 1 is 1.21 bits per heavy atom. The number of fused-ring (bicyclic) bond motifs is 1. The highest BCUT2D eigenvalue weighted by molar-refractivity contribution is 6.00. The Morgan fingerprint density at radius 2 is 2.04 bits per heavy atom. The van der Waals surface area contributed by atoms with Crippen molar-refractivity contribution < 1.29 is 23.5 Å². The Kier molecular flexibility index (Phi) is 5.25. The van der Waals surface area contributed by atoms with Crippen molar-refractivity contribution in [3.05, 3.63) is 53.8 Å². The first-order chi connectivity index (χ1) is 13.6. The van der Waals surface area contributed by atoms with Gasteiger partial charge in [-0.1, -0.05) is 6.07 Å². The predicted octanol–water partition coefficient (Wildman–Crippen LogP) is 2.91. The van der Waals surface area contributed by atoms with E-state index in [1.165, 1.54) is 24.3 Å². The first-order valence-corrected chi connectivity index (χ1v) is 9.34. The molecule has 1 fully saturated rings. The van der Waals surface area contributed by atoms with Gasteiger partial charge in [0.15, 0.2) is 6.61 Å². The molecule has 146 valence electrons. The van der Waals surface area contributed by atoms with Gasteiger partial charge < -0.3 is 19.7 Å². The minimum atomic E-state index is -0.367. The molecular formula is C21H21FN2O4. The Morgan fingerprint density at radius 3 is 2.79 bits per heavy atom. The molecule has 0 aromatic heterocycles. The number of anilines is 2. The number of ether oxygens (including phenoxy) is 2. The Bertz CT molecular complexity index is 878. The summed E-state index contributed by atoms with van der Waals surface area (Å²) in [6.07, 6.45) is 2.08. The average Bonchev–Trinajstić information content (AvgIpc) is 3.37. The highest BCUT2D eigenvalue weighted by Gasteiger charge is 2.32. The van der Waals surface area contributed by atoms with Gasteiger partial charge in [-0.2, -0.15) is 0 Å². The zero-order valence-electron chi connectivity index (χ0n) is 15.3. The number of carbonyl (C=O) groups excluding carboxylic acids is 2. The van der Waals surface area contributed by atoms with E-state index in [1.54, 1.807) is 4.90 Å². The standard InChI is InChI=1S/C21H21FN2O4/c22-15-4-7-17(8-5-15)28-13-20(25)23-16-6-3-14-9-10-24(18(14)12-16)21(26)19-2-1-11-27-19/h3-8,12,19H,1-2,9-11,13H2,(H,23,25)/t19-/m0/s1. The topological polar surface area (TPSA) is 67.9 Å². The van der Waals surface area contributed by atoms with E-state index in [-0.39, 0.29) is 30.3 Å². The number of rotatable bonds is 5. The molecule has 28 heavy (non-hydrogen) atoms. The second kappa shape index (κ2) is 7.98. The van der Waals surface area contributed by atoms with E-state index < -0.39 is 0 Å². The van der Waals surface area contributed by atoms with Crippen LogP contribution < -0.4 is 15.0 Å². The maximum Gasteiger partial charge on any atom is 0.262 e. The lowest BCUT2D eigenvalue weighted by Crippen LogP contribution is -2.37. The molecule has 6 nitrogen and oxygen atoms in total. The lowest BCUT2D eigenvalue weighted by molar-refractivity contribution is -0.127. The molecule has 7 heteroatoms. The summed E-state index contributed by atoms with van der Waals surface area (Å²) in [7, 11) is 0. The molecule has 2 aliphatic rings. The number of hydrogen-bond donors (Lipinski definition) is 1. The largest absolute Gasteiger partial charge is 0.484 e. The third kappa shape index (κ3) is 3.99. The van der Waals surface area contributed by atoms with Crippen molar-refractivity contribution in [3.8, 4) is 5.75 Å². The normalized spacial score (nSPS) is 18.0. The van der Waals surface area contributed by atoms with Gasteiger partial charge in [-0.05, 0) is 61.2 Å². The van der Waals surface area contributed by atoms with Crippen molar-refractivity contribution in [2.24, 2.45) is 0 Å². The zero-order valence-corrected chi connectivity index (χ0v) is 15.3. The van der Waals surface area contributed by atoms with Crippen LogP contribution in [0, 0.1) is 5.82 Å². The number of nitrogens with zero attached hydrogens (tertiary/aromatic N) is 1. The second-order valence-corrected chi connectivity index (χ2v) is 6.88. The molecule has 2 heterocycles. The quantitative estimate of drug-likeness (QED) is 0.861. The van der Waals surface area contributed by atoms with E-state index in [2.05, 4.69) is 5.32 Å². The van der Waals surface area contributed by atoms with E-state index in [0.29, 0.717) is 24.6 Å². The van der Waals surface area contributed by atoms with Gasteiger partial charge in [0.05, 0.1) is 0 Å². The monoisotopic (exact) mass is 384 g/mol. The van der Waals surface area contributed by atoms with Gasteiger partial charge in [-0.3, -0.25) is 9.59 Å². The SMILES string of the molecule is O=C(COc1ccc(F)cc1)Nc1ccc2c(c1)N(C(=O)[C@@H]1CCCO1)CC2. The third-order valence-electron chi connectivity index (χ3n) is 4.92. The fourth-order valence-corrected chi connectivity index (χ4v) is 3.51. The Hall–Kier alpha value is -2.93. The van der Waals surface area contributed by atoms with Crippen LogP contribution in [0.5, 0.6) is 5.75 Å². The van der Waals surface area contributed by atoms with E-state index >= 15 is 0 Å². The van der Waals surface area contributed by atoms with Crippen LogP contribution in [0.25, 0.3) is 0 Å². The summed E-state index contributed by atoms with van der Waals surface area (Å²) >= 11 is 0. The minimum absolute atomic E-state index is 0.0145. The third-order valence-corrected chi connectivity index (χ3v) is 4.92. The van der Waals surface area contributed by atoms with Gasteiger partial charge in [-0.25, -0.2) is 4.39 Å². The number of amides is 2. The predicted molar refractivity (Wildman–Crippen MR) is 102 cm³/mol. The van der Waals surface area contributed by atoms with Gasteiger partial charge >= 0.3 is 0 Å². The summed E-state index contributed by atoms with van der Waals surface area (Å²) in [6.45, 7) is 1.06. The summed E-state index contributed by atoms with van der Waals surface area (Å²) in [4.78, 5) is 26.6. The number of carbonyl (C=O) groups is 2. The molecule has 2 aromatic rings. The van der Waals surface area contributed by atoms with Crippen molar-refractivity contribution in [3.63, 3.8) is 0 Å². The molecule has 1 N–H and O–H groups in total. The summed E-state index contributed by atoms with van der Waals surface area (Å²) in [5.41, 5.74) is 2.49. The van der Waals surface area contributed by atoms with Crippen LogP contribution in [-0.2, 0) is 20.7 Å². The fraction of sp³-hybridized carbons (Fsp3) is 0.333. The molecular weight excluding hydrogens is 363 g/mol. The lowest BCUT2D eigenvalue weighted by atomic mass is 10.1. The van der Waals surface area contributed by atoms with E-state index in [0.717, 1.165) is 30.5 Å². The summed E-state index contributed by atoms with van der Waals surface area (Å²) < 4.78 is 23.8. The van der Waals surface area contributed by atoms with E-state index in [4.69, 9.17) is 9.47 Å². The smallest absolute Gasteiger partial charge is 0.262 e. The molecule has 4 rings (SSSR count). The van der Waals surface area contributed by atoms with Gasteiger partial charge in [0.25, 0.3) is 11.8 Å². The maximum atomic E-state index is 12.9. The highest BCUT2D eigenvalue weighted by Crippen LogP contribution is 2.32. The fourth-order valence-electron chi connectivity index (χ4n) is 3.51. The molecule has 1 saturated heterocycles. The number of hydrogen-bond acceptors (Lipinski definition) is 4. The van der Waals surface area contributed by atoms with Crippen molar-refractivity contribution in [2.45, 2.75) is 25.4 Å². The van der Waals surface area contributed by atoms with Crippen LogP contribution in [0.15, 0.2) is 42.5 Å². The highest BCUT2D eigenvalue weighted by atomic mass is 19.1. The van der Waals surface area contributed by atoms with Crippen molar-refractivity contribution >= 4 is 23.2 Å². The maximum absolute atomic E-state index is 12.9. The summed E-state index contributed by atoms with van der Waals surface area (Å²) in [5.74, 6) is -0.297. The first kappa shape index (κ1) is 18.4. The second-order valence-electron chi connectivity index (χ2n) is 6.88. The molecule has 0 unspecified atom stereocenters. The number of benzene rings is 2. The van der Waals surface area contributed by atoms with Crippen LogP contribution in [0.1, 0.15) is 18.4 Å². The molecule has 0 aliphatic carbocycles. The van der Waals surface area contributed by atoms with Crippen molar-refractivity contribution in [1.29, 1.82) is 0 Å². The van der Waals surface area contributed by atoms with Gasteiger partial charge in [0.2, 0.25) is 0 Å². The Balaban J connectivity index is 1.39. The zero-order chi connectivity index (χ0) is 19.5. The van der Waals surface area contributed by atoms with Crippen LogP contribution in [-0.4, -0.2) is 37.7 Å². The van der Waals surface area contributed by atoms with Crippen molar-refractivity contribution in [1.82, 2.24) is 0 Å². The van der Waals surface area contributed by atoms with E-state index in [1.807, 2.05) is 18.2 Å². The average molecular weight is 384 g/mol. The Labute approximate surface area is 162 Å². The molecule has 2 amide bonds. The van der Waals surface area contributed by atoms with Crippen LogP contribution in [0.4, 0.5) is 15.8 Å². The minimum Gasteiger partial charge on any atom is -0.484 e. The van der Waals surface area contributed by atoms with Crippen LogP contribution >= 0.6 is 0 Å². The van der Waals surface area contributed by atoms with Gasteiger partial charge in [0.1, 0.15) is 17.7 Å². The number of halogens is 1.